The lowest BCUT2D eigenvalue weighted by Crippen LogP contribution is -2.46. The monoisotopic (exact) mass is 530 g/mol. The molecule has 3 rings (SSSR count). The van der Waals surface area contributed by atoms with E-state index in [-0.39, 0.29) is 35.4 Å². The molecular formula is C19H27IN6O2S. The average molecular weight is 530 g/mol. The molecule has 158 valence electrons. The van der Waals surface area contributed by atoms with Crippen molar-refractivity contribution in [3.05, 3.63) is 54.9 Å². The van der Waals surface area contributed by atoms with Crippen LogP contribution in [0.1, 0.15) is 6.42 Å². The highest BCUT2D eigenvalue weighted by Gasteiger charge is 2.23. The van der Waals surface area contributed by atoms with Crippen LogP contribution in [0.2, 0.25) is 0 Å². The van der Waals surface area contributed by atoms with Gasteiger partial charge < -0.3 is 15.5 Å². The molecule has 1 aromatic carbocycles. The molecule has 0 saturated carbocycles. The summed E-state index contributed by atoms with van der Waals surface area (Å²) < 4.78 is 26.9. The first-order valence-corrected chi connectivity index (χ1v) is 10.7. The lowest BCUT2D eigenvalue weighted by atomic mass is 10.3. The minimum Gasteiger partial charge on any atom is -0.369 e. The van der Waals surface area contributed by atoms with Crippen molar-refractivity contribution in [3.8, 4) is 0 Å². The topological polar surface area (TPSA) is 98.7 Å². The molecule has 0 bridgehead atoms. The summed E-state index contributed by atoms with van der Waals surface area (Å²) in [7, 11) is -1.84. The van der Waals surface area contributed by atoms with Gasteiger partial charge >= 0.3 is 0 Å². The van der Waals surface area contributed by atoms with Gasteiger partial charge in [0.05, 0.1) is 0 Å². The molecule has 1 atom stereocenters. The molecule has 0 spiro atoms. The van der Waals surface area contributed by atoms with Gasteiger partial charge in [-0.05, 0) is 30.7 Å². The van der Waals surface area contributed by atoms with Gasteiger partial charge in [0.25, 0.3) is 0 Å². The molecule has 0 radical (unpaired) electrons. The minimum absolute atomic E-state index is 0. The predicted molar refractivity (Wildman–Crippen MR) is 126 cm³/mol. The Morgan fingerprint density at radius 1 is 1.21 bits per heavy atom. The summed E-state index contributed by atoms with van der Waals surface area (Å²) in [6.07, 6.45) is 3.89. The lowest BCUT2D eigenvalue weighted by Gasteiger charge is -2.20. The molecule has 1 unspecified atom stereocenters. The molecule has 29 heavy (non-hydrogen) atoms. The van der Waals surface area contributed by atoms with E-state index in [1.807, 2.05) is 18.2 Å². The van der Waals surface area contributed by atoms with Gasteiger partial charge in [-0.25, -0.2) is 13.1 Å². The first-order valence-electron chi connectivity index (χ1n) is 9.25. The van der Waals surface area contributed by atoms with Crippen LogP contribution < -0.4 is 20.3 Å². The van der Waals surface area contributed by atoms with Crippen molar-refractivity contribution in [1.82, 2.24) is 20.3 Å². The molecule has 0 aliphatic carbocycles. The second-order valence-electron chi connectivity index (χ2n) is 6.50. The number of pyridine rings is 1. The minimum atomic E-state index is -3.54. The Balaban J connectivity index is 0.00000300. The highest BCUT2D eigenvalue weighted by atomic mass is 127. The smallest absolute Gasteiger partial charge is 0.242 e. The maximum Gasteiger partial charge on any atom is 0.242 e. The molecule has 2 heterocycles. The van der Waals surface area contributed by atoms with Crippen molar-refractivity contribution < 1.29 is 8.42 Å². The van der Waals surface area contributed by atoms with Crippen LogP contribution in [0.3, 0.4) is 0 Å². The van der Waals surface area contributed by atoms with E-state index in [0.717, 1.165) is 19.5 Å². The number of nitrogens with one attached hydrogen (secondary N) is 3. The number of hydrogen-bond donors (Lipinski definition) is 3. The number of nitrogens with zero attached hydrogens (tertiary/aromatic N) is 3. The molecule has 1 aliphatic rings. The standard InChI is InChI=1S/C19H26N6O2S.HI/c1-20-19(22-11-12-23-28(26,27)18-8-5-10-21-14-18)24-16-9-13-25(15-16)17-6-3-2-4-7-17;/h2-8,10,14,16,23H,9,11-13,15H2,1H3,(H2,20,22,24);1H. The van der Waals surface area contributed by atoms with E-state index in [1.165, 1.54) is 24.1 Å². The maximum absolute atomic E-state index is 12.2. The van der Waals surface area contributed by atoms with E-state index in [4.69, 9.17) is 0 Å². The van der Waals surface area contributed by atoms with Crippen molar-refractivity contribution in [2.75, 3.05) is 38.1 Å². The fourth-order valence-corrected chi connectivity index (χ4v) is 4.09. The Morgan fingerprint density at radius 2 is 2.00 bits per heavy atom. The number of guanidine groups is 1. The number of anilines is 1. The van der Waals surface area contributed by atoms with Crippen LogP contribution in [0.25, 0.3) is 0 Å². The molecule has 8 nitrogen and oxygen atoms in total. The average Bonchev–Trinajstić information content (AvgIpc) is 3.20. The van der Waals surface area contributed by atoms with Gasteiger partial charge in [-0.2, -0.15) is 0 Å². The Labute approximate surface area is 189 Å². The van der Waals surface area contributed by atoms with Crippen molar-refractivity contribution >= 4 is 45.6 Å². The van der Waals surface area contributed by atoms with Gasteiger partial charge in [-0.3, -0.25) is 9.98 Å². The summed E-state index contributed by atoms with van der Waals surface area (Å²) in [4.78, 5) is 10.6. The van der Waals surface area contributed by atoms with Crippen LogP contribution in [0.4, 0.5) is 5.69 Å². The van der Waals surface area contributed by atoms with Crippen LogP contribution in [0.5, 0.6) is 0 Å². The molecule has 1 fully saturated rings. The lowest BCUT2D eigenvalue weighted by molar-refractivity contribution is 0.579. The van der Waals surface area contributed by atoms with E-state index in [9.17, 15) is 8.42 Å². The van der Waals surface area contributed by atoms with Crippen molar-refractivity contribution in [1.29, 1.82) is 0 Å². The van der Waals surface area contributed by atoms with Crippen molar-refractivity contribution in [2.24, 2.45) is 4.99 Å². The zero-order chi connectivity index (χ0) is 19.8. The number of halogens is 1. The number of aromatic nitrogens is 1. The number of rotatable bonds is 7. The Kier molecular flexibility index (Phi) is 9.11. The maximum atomic E-state index is 12.2. The number of aliphatic imine (C=N–C) groups is 1. The van der Waals surface area contributed by atoms with Gasteiger partial charge in [0, 0.05) is 57.3 Å². The Morgan fingerprint density at radius 3 is 2.69 bits per heavy atom. The highest BCUT2D eigenvalue weighted by molar-refractivity contribution is 14.0. The van der Waals surface area contributed by atoms with Gasteiger partial charge in [0.15, 0.2) is 5.96 Å². The molecular weight excluding hydrogens is 503 g/mol. The third-order valence-corrected chi connectivity index (χ3v) is 5.97. The van der Waals surface area contributed by atoms with Gasteiger partial charge in [-0.15, -0.1) is 24.0 Å². The normalized spacial score (nSPS) is 16.9. The summed E-state index contributed by atoms with van der Waals surface area (Å²) in [5, 5.41) is 6.56. The first kappa shape index (κ1) is 23.4. The largest absolute Gasteiger partial charge is 0.369 e. The zero-order valence-corrected chi connectivity index (χ0v) is 19.4. The summed E-state index contributed by atoms with van der Waals surface area (Å²) in [6.45, 7) is 2.56. The summed E-state index contributed by atoms with van der Waals surface area (Å²) in [6, 6.07) is 13.7. The highest BCUT2D eigenvalue weighted by Crippen LogP contribution is 2.19. The van der Waals surface area contributed by atoms with Gasteiger partial charge in [0.1, 0.15) is 4.90 Å². The van der Waals surface area contributed by atoms with Crippen molar-refractivity contribution in [2.45, 2.75) is 17.4 Å². The Hall–Kier alpha value is -1.92. The second-order valence-corrected chi connectivity index (χ2v) is 8.26. The third-order valence-electron chi connectivity index (χ3n) is 4.53. The number of hydrogen-bond acceptors (Lipinski definition) is 5. The summed E-state index contributed by atoms with van der Waals surface area (Å²) >= 11 is 0. The van der Waals surface area contributed by atoms with Crippen LogP contribution >= 0.6 is 24.0 Å². The summed E-state index contributed by atoms with van der Waals surface area (Å²) in [5.41, 5.74) is 1.22. The van der Waals surface area contributed by atoms with E-state index in [1.54, 1.807) is 13.1 Å². The molecule has 1 saturated heterocycles. The molecule has 1 aliphatic heterocycles. The molecule has 10 heteroatoms. The van der Waals surface area contributed by atoms with E-state index < -0.39 is 10.0 Å². The van der Waals surface area contributed by atoms with E-state index in [2.05, 4.69) is 42.4 Å². The fourth-order valence-electron chi connectivity index (χ4n) is 3.10. The third kappa shape index (κ3) is 6.82. The molecule has 0 amide bonds. The zero-order valence-electron chi connectivity index (χ0n) is 16.3. The van der Waals surface area contributed by atoms with Crippen LogP contribution in [-0.4, -0.2) is 58.6 Å². The first-order chi connectivity index (χ1) is 13.6. The second kappa shape index (κ2) is 11.3. The number of sulfonamides is 1. The fraction of sp³-hybridized carbons (Fsp3) is 0.368. The molecule has 2 aromatic rings. The van der Waals surface area contributed by atoms with Crippen LogP contribution in [-0.2, 0) is 10.0 Å². The van der Waals surface area contributed by atoms with Gasteiger partial charge in [0.2, 0.25) is 10.0 Å². The van der Waals surface area contributed by atoms with Crippen molar-refractivity contribution in [3.63, 3.8) is 0 Å². The number of para-hydroxylation sites is 1. The quantitative estimate of drug-likeness (QED) is 0.217. The van der Waals surface area contributed by atoms with Crippen LogP contribution in [0.15, 0.2) is 64.7 Å². The van der Waals surface area contributed by atoms with E-state index in [0.29, 0.717) is 18.5 Å². The predicted octanol–water partition coefficient (Wildman–Crippen LogP) is 1.42. The Bertz CT molecular complexity index is 880. The summed E-state index contributed by atoms with van der Waals surface area (Å²) in [5.74, 6) is 0.667. The molecule has 3 N–H and O–H groups in total. The van der Waals surface area contributed by atoms with Crippen LogP contribution in [0, 0.1) is 0 Å². The SMILES string of the molecule is CN=C(NCCNS(=O)(=O)c1cccnc1)NC1CCN(c2ccccc2)C1.I. The number of benzene rings is 1. The molecule has 1 aromatic heterocycles. The van der Waals surface area contributed by atoms with E-state index >= 15 is 0 Å². The van der Waals surface area contributed by atoms with Gasteiger partial charge in [-0.1, -0.05) is 18.2 Å².